The Morgan fingerprint density at radius 2 is 1.70 bits per heavy atom. The van der Waals surface area contributed by atoms with Gasteiger partial charge in [-0.25, -0.2) is 0 Å². The molecule has 0 amide bonds. The van der Waals surface area contributed by atoms with Gasteiger partial charge in [-0.1, -0.05) is 31.2 Å². The van der Waals surface area contributed by atoms with Crippen LogP contribution >= 0.6 is 0 Å². The largest absolute Gasteiger partial charge is 0.389 e. The topological polar surface area (TPSA) is 32.3 Å². The molecule has 3 rings (SSSR count). The SMILES string of the molecule is CCC(C)(O)CNC1C2CCC1Cc1ccccc1C2. The average Bonchev–Trinajstić information content (AvgIpc) is 2.71. The Morgan fingerprint density at radius 3 is 2.20 bits per heavy atom. The van der Waals surface area contributed by atoms with Gasteiger partial charge in [-0.2, -0.15) is 0 Å². The van der Waals surface area contributed by atoms with Crippen molar-refractivity contribution in [2.45, 2.75) is 57.6 Å². The second-order valence-electron chi connectivity index (χ2n) is 7.03. The van der Waals surface area contributed by atoms with Crippen LogP contribution in [0, 0.1) is 11.8 Å². The molecule has 0 spiro atoms. The number of fused-ring (bicyclic) bond motifs is 3. The maximum Gasteiger partial charge on any atom is 0.0741 e. The van der Waals surface area contributed by atoms with Gasteiger partial charge in [0.05, 0.1) is 5.60 Å². The molecule has 2 N–H and O–H groups in total. The van der Waals surface area contributed by atoms with Crippen LogP contribution in [-0.4, -0.2) is 23.3 Å². The van der Waals surface area contributed by atoms with Crippen LogP contribution in [-0.2, 0) is 12.8 Å². The van der Waals surface area contributed by atoms with Gasteiger partial charge >= 0.3 is 0 Å². The molecule has 0 radical (unpaired) electrons. The highest BCUT2D eigenvalue weighted by molar-refractivity contribution is 5.30. The fourth-order valence-corrected chi connectivity index (χ4v) is 3.95. The van der Waals surface area contributed by atoms with Crippen molar-refractivity contribution < 1.29 is 5.11 Å². The van der Waals surface area contributed by atoms with Gasteiger partial charge in [0, 0.05) is 12.6 Å². The maximum absolute atomic E-state index is 10.2. The Kier molecular flexibility index (Phi) is 3.87. The minimum atomic E-state index is -0.571. The number of hydrogen-bond donors (Lipinski definition) is 2. The van der Waals surface area contributed by atoms with E-state index in [0.29, 0.717) is 6.04 Å². The minimum absolute atomic E-state index is 0.571. The zero-order valence-electron chi connectivity index (χ0n) is 12.7. The summed E-state index contributed by atoms with van der Waals surface area (Å²) in [4.78, 5) is 0. The molecule has 0 heterocycles. The number of rotatable bonds is 4. The quantitative estimate of drug-likeness (QED) is 0.884. The van der Waals surface area contributed by atoms with Crippen LogP contribution < -0.4 is 5.32 Å². The lowest BCUT2D eigenvalue weighted by molar-refractivity contribution is 0.0495. The summed E-state index contributed by atoms with van der Waals surface area (Å²) in [6, 6.07) is 9.52. The van der Waals surface area contributed by atoms with E-state index in [2.05, 4.69) is 36.5 Å². The number of nitrogens with one attached hydrogen (secondary N) is 1. The Bertz CT molecular complexity index is 435. The summed E-state index contributed by atoms with van der Waals surface area (Å²) in [6.07, 6.45) is 5.90. The standard InChI is InChI=1S/C18H27NO/c1-3-18(2,20)12-19-17-15-8-9-16(17)11-14-7-5-4-6-13(14)10-15/h4-7,15-17,19-20H,3,8-12H2,1-2H3. The maximum atomic E-state index is 10.2. The van der Waals surface area contributed by atoms with Crippen molar-refractivity contribution in [1.29, 1.82) is 0 Å². The first-order valence-corrected chi connectivity index (χ1v) is 8.11. The Balaban J connectivity index is 1.73. The average molecular weight is 273 g/mol. The molecule has 2 aliphatic rings. The monoisotopic (exact) mass is 273 g/mol. The molecule has 0 saturated heterocycles. The smallest absolute Gasteiger partial charge is 0.0741 e. The molecule has 2 heteroatoms. The van der Waals surface area contributed by atoms with E-state index in [1.54, 1.807) is 11.1 Å². The predicted octanol–water partition coefficient (Wildman–Crippen LogP) is 2.93. The van der Waals surface area contributed by atoms with E-state index >= 15 is 0 Å². The fraction of sp³-hybridized carbons (Fsp3) is 0.667. The van der Waals surface area contributed by atoms with Gasteiger partial charge in [0.2, 0.25) is 0 Å². The Hall–Kier alpha value is -0.860. The summed E-state index contributed by atoms with van der Waals surface area (Å²) in [5.74, 6) is 1.49. The van der Waals surface area contributed by atoms with E-state index < -0.39 is 5.60 Å². The fourth-order valence-electron chi connectivity index (χ4n) is 3.95. The third kappa shape index (κ3) is 2.77. The van der Waals surface area contributed by atoms with E-state index in [9.17, 15) is 5.11 Å². The van der Waals surface area contributed by atoms with Crippen LogP contribution in [0.4, 0.5) is 0 Å². The van der Waals surface area contributed by atoms with Gasteiger partial charge in [-0.15, -0.1) is 0 Å². The first-order valence-electron chi connectivity index (χ1n) is 8.11. The lowest BCUT2D eigenvalue weighted by Gasteiger charge is -2.29. The van der Waals surface area contributed by atoms with Crippen molar-refractivity contribution in [3.05, 3.63) is 35.4 Å². The van der Waals surface area contributed by atoms with E-state index in [0.717, 1.165) is 24.8 Å². The molecular weight excluding hydrogens is 246 g/mol. The lowest BCUT2D eigenvalue weighted by atomic mass is 9.94. The highest BCUT2D eigenvalue weighted by Crippen LogP contribution is 2.40. The molecule has 1 fully saturated rings. The Morgan fingerprint density at radius 1 is 1.15 bits per heavy atom. The molecule has 3 unspecified atom stereocenters. The van der Waals surface area contributed by atoms with Crippen LogP contribution in [0.3, 0.4) is 0 Å². The predicted molar refractivity (Wildman–Crippen MR) is 82.8 cm³/mol. The molecule has 20 heavy (non-hydrogen) atoms. The molecule has 2 aliphatic carbocycles. The molecule has 2 bridgehead atoms. The second kappa shape index (κ2) is 5.50. The Labute approximate surface area is 122 Å². The van der Waals surface area contributed by atoms with Crippen molar-refractivity contribution in [2.24, 2.45) is 11.8 Å². The van der Waals surface area contributed by atoms with Crippen molar-refractivity contribution in [3.63, 3.8) is 0 Å². The zero-order chi connectivity index (χ0) is 14.2. The van der Waals surface area contributed by atoms with Crippen LogP contribution in [0.5, 0.6) is 0 Å². The molecule has 3 atom stereocenters. The normalized spacial score (nSPS) is 31.4. The second-order valence-corrected chi connectivity index (χ2v) is 7.03. The number of benzene rings is 1. The molecule has 1 aromatic carbocycles. The molecule has 2 nitrogen and oxygen atoms in total. The third-order valence-electron chi connectivity index (χ3n) is 5.49. The number of hydrogen-bond acceptors (Lipinski definition) is 2. The van der Waals surface area contributed by atoms with E-state index in [-0.39, 0.29) is 0 Å². The van der Waals surface area contributed by atoms with Gasteiger partial charge in [0.1, 0.15) is 0 Å². The summed E-state index contributed by atoms with van der Waals surface area (Å²) in [5.41, 5.74) is 2.53. The first kappa shape index (κ1) is 14.1. The molecule has 0 aliphatic heterocycles. The van der Waals surface area contributed by atoms with Crippen molar-refractivity contribution >= 4 is 0 Å². The van der Waals surface area contributed by atoms with Gasteiger partial charge in [-0.3, -0.25) is 0 Å². The lowest BCUT2D eigenvalue weighted by Crippen LogP contribution is -2.46. The summed E-state index contributed by atoms with van der Waals surface area (Å²) in [6.45, 7) is 4.71. The third-order valence-corrected chi connectivity index (χ3v) is 5.49. The van der Waals surface area contributed by atoms with Crippen molar-refractivity contribution in [2.75, 3.05) is 6.54 Å². The highest BCUT2D eigenvalue weighted by atomic mass is 16.3. The first-order chi connectivity index (χ1) is 9.59. The number of aliphatic hydroxyl groups is 1. The summed E-state index contributed by atoms with van der Waals surface area (Å²) in [7, 11) is 0. The van der Waals surface area contributed by atoms with Crippen molar-refractivity contribution in [1.82, 2.24) is 5.32 Å². The summed E-state index contributed by atoms with van der Waals surface area (Å²) >= 11 is 0. The van der Waals surface area contributed by atoms with Gasteiger partial charge in [0.15, 0.2) is 0 Å². The van der Waals surface area contributed by atoms with Crippen LogP contribution in [0.1, 0.15) is 44.2 Å². The van der Waals surface area contributed by atoms with Gasteiger partial charge in [0.25, 0.3) is 0 Å². The molecule has 0 aromatic heterocycles. The molecule has 110 valence electrons. The van der Waals surface area contributed by atoms with E-state index in [1.165, 1.54) is 25.7 Å². The van der Waals surface area contributed by atoms with Crippen LogP contribution in [0.25, 0.3) is 0 Å². The highest BCUT2D eigenvalue weighted by Gasteiger charge is 2.39. The summed E-state index contributed by atoms with van der Waals surface area (Å²) < 4.78 is 0. The van der Waals surface area contributed by atoms with Crippen LogP contribution in [0.15, 0.2) is 24.3 Å². The molecule has 1 aromatic rings. The zero-order valence-corrected chi connectivity index (χ0v) is 12.7. The van der Waals surface area contributed by atoms with Gasteiger partial charge < -0.3 is 10.4 Å². The molecule has 1 saturated carbocycles. The van der Waals surface area contributed by atoms with Crippen molar-refractivity contribution in [3.8, 4) is 0 Å². The van der Waals surface area contributed by atoms with E-state index in [4.69, 9.17) is 0 Å². The van der Waals surface area contributed by atoms with E-state index in [1.807, 2.05) is 6.92 Å². The molecular formula is C18H27NO. The van der Waals surface area contributed by atoms with Gasteiger partial charge in [-0.05, 0) is 62.0 Å². The minimum Gasteiger partial charge on any atom is -0.389 e. The van der Waals surface area contributed by atoms with Crippen LogP contribution in [0.2, 0.25) is 0 Å². The summed E-state index contributed by atoms with van der Waals surface area (Å²) in [5, 5.41) is 13.9.